The molecule has 2 atom stereocenters. The van der Waals surface area contributed by atoms with Crippen LogP contribution in [-0.2, 0) is 14.6 Å². The number of amides is 1. The van der Waals surface area contributed by atoms with Crippen LogP contribution in [0.5, 0.6) is 0 Å². The first-order valence-electron chi connectivity index (χ1n) is 8.74. The van der Waals surface area contributed by atoms with Crippen molar-refractivity contribution in [2.75, 3.05) is 31.2 Å². The molecule has 0 aromatic heterocycles. The summed E-state index contributed by atoms with van der Waals surface area (Å²) in [6, 6.07) is 6.43. The quantitative estimate of drug-likeness (QED) is 0.906. The highest BCUT2D eigenvalue weighted by Gasteiger charge is 2.31. The highest BCUT2D eigenvalue weighted by atomic mass is 32.2. The van der Waals surface area contributed by atoms with Gasteiger partial charge in [-0.05, 0) is 49.4 Å². The zero-order valence-electron chi connectivity index (χ0n) is 14.2. The normalized spacial score (nSPS) is 25.0. The number of fused-ring (bicyclic) bond motifs is 1. The Bertz CT molecular complexity index is 702. The van der Waals surface area contributed by atoms with E-state index in [1.54, 1.807) is 18.2 Å². The Kier molecular flexibility index (Phi) is 5.25. The van der Waals surface area contributed by atoms with Gasteiger partial charge in [0.1, 0.15) is 0 Å². The summed E-state index contributed by atoms with van der Waals surface area (Å²) in [4.78, 5) is 14.8. The fourth-order valence-electron chi connectivity index (χ4n) is 4.03. The molecule has 0 bridgehead atoms. The molecule has 1 aliphatic heterocycles. The number of benzene rings is 1. The Labute approximate surface area is 144 Å². The Hall–Kier alpha value is -1.40. The molecule has 1 aromatic rings. The van der Waals surface area contributed by atoms with Crippen molar-refractivity contribution >= 4 is 21.4 Å². The van der Waals surface area contributed by atoms with E-state index in [1.165, 1.54) is 44.4 Å². The molecule has 0 spiro atoms. The molecule has 5 nitrogen and oxygen atoms in total. The second-order valence-corrected chi connectivity index (χ2v) is 9.19. The second kappa shape index (κ2) is 7.23. The molecule has 2 aliphatic rings. The number of carbonyl (C=O) groups excluding carboxylic acids is 1. The van der Waals surface area contributed by atoms with Gasteiger partial charge in [0.05, 0.1) is 11.4 Å². The van der Waals surface area contributed by atoms with Gasteiger partial charge >= 0.3 is 0 Å². The summed E-state index contributed by atoms with van der Waals surface area (Å²) in [5.41, 5.74) is 0.537. The molecule has 1 saturated carbocycles. The molecule has 1 aliphatic carbocycles. The van der Waals surface area contributed by atoms with E-state index in [-0.39, 0.29) is 10.8 Å². The van der Waals surface area contributed by atoms with Crippen molar-refractivity contribution in [1.29, 1.82) is 0 Å². The average molecular weight is 350 g/mol. The van der Waals surface area contributed by atoms with E-state index >= 15 is 0 Å². The van der Waals surface area contributed by atoms with Gasteiger partial charge in [-0.3, -0.25) is 9.69 Å². The molecule has 24 heavy (non-hydrogen) atoms. The van der Waals surface area contributed by atoms with Crippen LogP contribution in [0, 0.1) is 11.8 Å². The summed E-state index contributed by atoms with van der Waals surface area (Å²) in [5.74, 6) is 1.52. The maximum Gasteiger partial charge on any atom is 0.238 e. The van der Waals surface area contributed by atoms with Gasteiger partial charge in [-0.1, -0.05) is 25.3 Å². The molecule has 2 fully saturated rings. The summed E-state index contributed by atoms with van der Waals surface area (Å²) < 4.78 is 23.2. The van der Waals surface area contributed by atoms with Gasteiger partial charge < -0.3 is 5.32 Å². The summed E-state index contributed by atoms with van der Waals surface area (Å²) in [6.07, 6.45) is 7.68. The highest BCUT2D eigenvalue weighted by Crippen LogP contribution is 2.35. The van der Waals surface area contributed by atoms with E-state index in [0.29, 0.717) is 12.2 Å². The van der Waals surface area contributed by atoms with Crippen LogP contribution >= 0.6 is 0 Å². The molecule has 1 N–H and O–H groups in total. The van der Waals surface area contributed by atoms with Gasteiger partial charge in [-0.15, -0.1) is 0 Å². The number of anilines is 1. The lowest BCUT2D eigenvalue weighted by molar-refractivity contribution is -0.118. The third-order valence-electron chi connectivity index (χ3n) is 5.29. The molecule has 1 saturated heterocycles. The first kappa shape index (κ1) is 17.4. The van der Waals surface area contributed by atoms with Crippen molar-refractivity contribution in [2.24, 2.45) is 11.8 Å². The van der Waals surface area contributed by atoms with Gasteiger partial charge in [-0.25, -0.2) is 8.42 Å². The zero-order chi connectivity index (χ0) is 17.2. The molecule has 1 aromatic carbocycles. The third kappa shape index (κ3) is 4.36. The molecular formula is C18H26N2O3S. The molecule has 0 radical (unpaired) electrons. The van der Waals surface area contributed by atoms with E-state index in [9.17, 15) is 13.2 Å². The summed E-state index contributed by atoms with van der Waals surface area (Å²) in [5, 5.41) is 2.83. The molecule has 0 unspecified atom stereocenters. The van der Waals surface area contributed by atoms with Crippen molar-refractivity contribution < 1.29 is 13.2 Å². The molecule has 1 heterocycles. The number of hydrogen-bond donors (Lipinski definition) is 1. The number of nitrogens with zero attached hydrogens (tertiary/aromatic N) is 1. The van der Waals surface area contributed by atoms with Crippen molar-refractivity contribution in [2.45, 2.75) is 37.0 Å². The van der Waals surface area contributed by atoms with Crippen LogP contribution in [0.2, 0.25) is 0 Å². The predicted octanol–water partition coefficient (Wildman–Crippen LogP) is 2.54. The van der Waals surface area contributed by atoms with Gasteiger partial charge in [0, 0.05) is 18.5 Å². The molecular weight excluding hydrogens is 324 g/mol. The predicted molar refractivity (Wildman–Crippen MR) is 94.7 cm³/mol. The second-order valence-electron chi connectivity index (χ2n) is 7.18. The molecule has 132 valence electrons. The maximum atomic E-state index is 12.3. The van der Waals surface area contributed by atoms with Crippen LogP contribution in [0.1, 0.15) is 32.1 Å². The molecule has 6 heteroatoms. The minimum atomic E-state index is -3.26. The Morgan fingerprint density at radius 1 is 1.21 bits per heavy atom. The van der Waals surface area contributed by atoms with Crippen molar-refractivity contribution in [3.05, 3.63) is 24.3 Å². The minimum Gasteiger partial charge on any atom is -0.325 e. The maximum absolute atomic E-state index is 12.3. The van der Waals surface area contributed by atoms with Crippen LogP contribution < -0.4 is 5.32 Å². The van der Waals surface area contributed by atoms with Gasteiger partial charge in [0.15, 0.2) is 9.84 Å². The number of hydrogen-bond acceptors (Lipinski definition) is 4. The van der Waals surface area contributed by atoms with Crippen LogP contribution in [-0.4, -0.2) is 45.1 Å². The smallest absolute Gasteiger partial charge is 0.238 e. The van der Waals surface area contributed by atoms with E-state index < -0.39 is 9.84 Å². The van der Waals surface area contributed by atoms with Gasteiger partial charge in [0.25, 0.3) is 0 Å². The van der Waals surface area contributed by atoms with Crippen LogP contribution in [0.25, 0.3) is 0 Å². The molecule has 3 rings (SSSR count). The van der Waals surface area contributed by atoms with Crippen molar-refractivity contribution in [3.63, 3.8) is 0 Å². The third-order valence-corrected chi connectivity index (χ3v) is 6.40. The largest absolute Gasteiger partial charge is 0.325 e. The monoisotopic (exact) mass is 350 g/mol. The highest BCUT2D eigenvalue weighted by molar-refractivity contribution is 7.90. The van der Waals surface area contributed by atoms with E-state index in [1.807, 2.05) is 0 Å². The van der Waals surface area contributed by atoms with E-state index in [0.717, 1.165) is 24.9 Å². The fourth-order valence-corrected chi connectivity index (χ4v) is 4.69. The lowest BCUT2D eigenvalue weighted by atomic mass is 9.75. The van der Waals surface area contributed by atoms with Crippen LogP contribution in [0.15, 0.2) is 29.2 Å². The fraction of sp³-hybridized carbons (Fsp3) is 0.611. The Morgan fingerprint density at radius 2 is 1.96 bits per heavy atom. The lowest BCUT2D eigenvalue weighted by Gasteiger charge is -2.41. The minimum absolute atomic E-state index is 0.0742. The Balaban J connectivity index is 1.56. The number of nitrogens with one attached hydrogen (secondary N) is 1. The van der Waals surface area contributed by atoms with Gasteiger partial charge in [0.2, 0.25) is 5.91 Å². The Morgan fingerprint density at radius 3 is 2.71 bits per heavy atom. The van der Waals surface area contributed by atoms with Crippen molar-refractivity contribution in [3.8, 4) is 0 Å². The first-order chi connectivity index (χ1) is 11.4. The zero-order valence-corrected chi connectivity index (χ0v) is 15.0. The SMILES string of the molecule is CS(=O)(=O)c1cccc(NC(=O)CN2CC[C@@H]3CCCC[C@@H]3C2)c1. The number of piperidine rings is 1. The topological polar surface area (TPSA) is 66.5 Å². The van der Waals surface area contributed by atoms with Crippen LogP contribution in [0.3, 0.4) is 0 Å². The lowest BCUT2D eigenvalue weighted by Crippen LogP contribution is -2.44. The first-order valence-corrected chi connectivity index (χ1v) is 10.6. The van der Waals surface area contributed by atoms with E-state index in [4.69, 9.17) is 0 Å². The number of rotatable bonds is 4. The van der Waals surface area contributed by atoms with Crippen LogP contribution in [0.4, 0.5) is 5.69 Å². The van der Waals surface area contributed by atoms with E-state index in [2.05, 4.69) is 10.2 Å². The van der Waals surface area contributed by atoms with Crippen molar-refractivity contribution in [1.82, 2.24) is 4.90 Å². The number of likely N-dealkylation sites (tertiary alicyclic amines) is 1. The number of sulfone groups is 1. The standard InChI is InChI=1S/C18H26N2O3S/c1-24(22,23)17-8-4-7-16(11-17)19-18(21)13-20-10-9-14-5-2-3-6-15(14)12-20/h4,7-8,11,14-15H,2-3,5-6,9-10,12-13H2,1H3,(H,19,21)/t14-,15+/m0/s1. The summed E-state index contributed by atoms with van der Waals surface area (Å²) in [7, 11) is -3.26. The number of carbonyl (C=O) groups is 1. The molecule has 1 amide bonds. The average Bonchev–Trinajstić information content (AvgIpc) is 2.54. The summed E-state index contributed by atoms with van der Waals surface area (Å²) in [6.45, 7) is 2.38. The summed E-state index contributed by atoms with van der Waals surface area (Å²) >= 11 is 0. The van der Waals surface area contributed by atoms with Gasteiger partial charge in [-0.2, -0.15) is 0 Å².